The fraction of sp³-hybridized carbons (Fsp3) is 0.594. The lowest BCUT2D eigenvalue weighted by Gasteiger charge is -2.41. The molecular formula is C32H44N6O3S. The van der Waals surface area contributed by atoms with E-state index < -0.39 is 6.04 Å². The first-order valence-corrected chi connectivity index (χ1v) is 16.7. The lowest BCUT2D eigenvalue weighted by molar-refractivity contribution is -0.134. The minimum Gasteiger partial charge on any atom is -0.341 e. The zero-order chi connectivity index (χ0) is 29.1. The molecule has 2 N–H and O–H groups in total. The number of nitrogens with zero attached hydrogens (tertiary/aromatic N) is 4. The number of nitrogens with one attached hydrogen (secondary N) is 2. The van der Waals surface area contributed by atoms with Crippen LogP contribution >= 0.6 is 11.3 Å². The number of benzene rings is 1. The summed E-state index contributed by atoms with van der Waals surface area (Å²) in [6.07, 6.45) is 7.81. The molecule has 6 rings (SSSR count). The topological polar surface area (TPSA) is 88.2 Å². The average Bonchev–Trinajstić information content (AvgIpc) is 3.48. The van der Waals surface area contributed by atoms with E-state index in [1.165, 1.54) is 32.4 Å². The summed E-state index contributed by atoms with van der Waals surface area (Å²) in [5.41, 5.74) is 4.26. The van der Waals surface area contributed by atoms with E-state index in [0.29, 0.717) is 32.1 Å². The number of urea groups is 2. The Bertz CT molecular complexity index is 1260. The fourth-order valence-corrected chi connectivity index (χ4v) is 7.92. The minimum absolute atomic E-state index is 0.0217. The molecule has 1 aromatic carbocycles. The van der Waals surface area contributed by atoms with Crippen molar-refractivity contribution >= 4 is 35.0 Å². The molecule has 1 aromatic heterocycles. The van der Waals surface area contributed by atoms with E-state index in [1.54, 1.807) is 11.3 Å². The molecule has 0 spiro atoms. The standard InChI is InChI=1S/C32H44N6O3S/c1-23-6-5-7-24(18-23)19-28(30(39)36-14-8-26(9-15-36)35-12-3-2-4-13-35)33-31(40)37-16-10-27(11-17-37)38-20-25-21-42-22-29(25)34-32(38)41/h5-7,18,21-22,26-28H,2-4,8-17,19-20H2,1H3,(H,33,40)(H,34,41). The zero-order valence-electron chi connectivity index (χ0n) is 24.7. The molecule has 0 radical (unpaired) electrons. The summed E-state index contributed by atoms with van der Waals surface area (Å²) in [6, 6.07) is 8.01. The molecule has 0 bridgehead atoms. The summed E-state index contributed by atoms with van der Waals surface area (Å²) < 4.78 is 0. The Hall–Kier alpha value is -3.11. The van der Waals surface area contributed by atoms with Gasteiger partial charge in [0.05, 0.1) is 12.2 Å². The van der Waals surface area contributed by atoms with Crippen LogP contribution in [0, 0.1) is 6.92 Å². The van der Waals surface area contributed by atoms with E-state index in [2.05, 4.69) is 40.0 Å². The van der Waals surface area contributed by atoms with Gasteiger partial charge in [-0.2, -0.15) is 0 Å². The second-order valence-corrected chi connectivity index (χ2v) is 13.2. The van der Waals surface area contributed by atoms with Gasteiger partial charge in [0.25, 0.3) is 0 Å². The molecule has 4 aliphatic heterocycles. The zero-order valence-corrected chi connectivity index (χ0v) is 25.5. The second kappa shape index (κ2) is 13.0. The summed E-state index contributed by atoms with van der Waals surface area (Å²) in [5.74, 6) is 0.0217. The highest BCUT2D eigenvalue weighted by Crippen LogP contribution is 2.30. The summed E-state index contributed by atoms with van der Waals surface area (Å²) in [5, 5.41) is 10.2. The number of aryl methyl sites for hydroxylation is 1. The van der Waals surface area contributed by atoms with Gasteiger partial charge in [-0.25, -0.2) is 9.59 Å². The van der Waals surface area contributed by atoms with Crippen LogP contribution in [-0.2, 0) is 17.8 Å². The predicted molar refractivity (Wildman–Crippen MR) is 166 cm³/mol. The van der Waals surface area contributed by atoms with Crippen molar-refractivity contribution in [3.63, 3.8) is 0 Å². The van der Waals surface area contributed by atoms with Crippen molar-refractivity contribution in [2.24, 2.45) is 0 Å². The number of hydrogen-bond donors (Lipinski definition) is 2. The molecule has 0 saturated carbocycles. The van der Waals surface area contributed by atoms with Crippen LogP contribution in [0.25, 0.3) is 0 Å². The maximum Gasteiger partial charge on any atom is 0.322 e. The minimum atomic E-state index is -0.603. The Kier molecular flexibility index (Phi) is 9.00. The first-order chi connectivity index (χ1) is 20.4. The molecule has 4 aliphatic rings. The molecule has 5 amide bonds. The van der Waals surface area contributed by atoms with Gasteiger partial charge in [0, 0.05) is 55.6 Å². The molecule has 2 aromatic rings. The van der Waals surface area contributed by atoms with Gasteiger partial charge in [-0.3, -0.25) is 4.79 Å². The normalized spacial score (nSPS) is 21.5. The van der Waals surface area contributed by atoms with E-state index in [1.807, 2.05) is 32.2 Å². The van der Waals surface area contributed by atoms with E-state index in [4.69, 9.17) is 0 Å². The number of hydrogen-bond acceptors (Lipinski definition) is 5. The number of fused-ring (bicyclic) bond motifs is 1. The van der Waals surface area contributed by atoms with Gasteiger partial charge in [-0.1, -0.05) is 36.2 Å². The number of carbonyl (C=O) groups is 3. The molecular weight excluding hydrogens is 548 g/mol. The van der Waals surface area contributed by atoms with Crippen molar-refractivity contribution in [3.8, 4) is 0 Å². The van der Waals surface area contributed by atoms with Gasteiger partial charge in [0.1, 0.15) is 6.04 Å². The number of rotatable bonds is 6. The lowest BCUT2D eigenvalue weighted by Crippen LogP contribution is -2.57. The molecule has 1 unspecified atom stereocenters. The molecule has 226 valence electrons. The monoisotopic (exact) mass is 592 g/mol. The van der Waals surface area contributed by atoms with Crippen LogP contribution in [0.1, 0.15) is 61.6 Å². The van der Waals surface area contributed by atoms with E-state index >= 15 is 0 Å². The highest BCUT2D eigenvalue weighted by molar-refractivity contribution is 7.08. The number of carbonyl (C=O) groups excluding carboxylic acids is 3. The highest BCUT2D eigenvalue weighted by atomic mass is 32.1. The predicted octanol–water partition coefficient (Wildman–Crippen LogP) is 4.67. The summed E-state index contributed by atoms with van der Waals surface area (Å²) >= 11 is 1.60. The Morgan fingerprint density at radius 1 is 0.952 bits per heavy atom. The Labute approximate surface area is 253 Å². The summed E-state index contributed by atoms with van der Waals surface area (Å²) in [7, 11) is 0. The molecule has 3 fully saturated rings. The Morgan fingerprint density at radius 3 is 2.40 bits per heavy atom. The molecule has 10 heteroatoms. The lowest BCUT2D eigenvalue weighted by atomic mass is 9.98. The van der Waals surface area contributed by atoms with Crippen LogP contribution in [0.4, 0.5) is 15.3 Å². The van der Waals surface area contributed by atoms with Gasteiger partial charge in [-0.05, 0) is 69.5 Å². The van der Waals surface area contributed by atoms with Crippen molar-refractivity contribution in [2.45, 2.75) is 83.0 Å². The highest BCUT2D eigenvalue weighted by Gasteiger charge is 2.35. The largest absolute Gasteiger partial charge is 0.341 e. The smallest absolute Gasteiger partial charge is 0.322 e. The summed E-state index contributed by atoms with van der Waals surface area (Å²) in [6.45, 7) is 7.63. The van der Waals surface area contributed by atoms with Crippen LogP contribution in [0.5, 0.6) is 0 Å². The molecule has 5 heterocycles. The van der Waals surface area contributed by atoms with E-state index in [9.17, 15) is 14.4 Å². The van der Waals surface area contributed by atoms with Crippen molar-refractivity contribution in [3.05, 3.63) is 51.7 Å². The average molecular weight is 593 g/mol. The van der Waals surface area contributed by atoms with Crippen LogP contribution < -0.4 is 10.6 Å². The SMILES string of the molecule is Cc1cccc(CC(NC(=O)N2CCC(N3Cc4cscc4NC3=O)CC2)C(=O)N2CCC(N3CCCCC3)CC2)c1. The Balaban J connectivity index is 1.07. The van der Waals surface area contributed by atoms with Crippen molar-refractivity contribution < 1.29 is 14.4 Å². The number of anilines is 1. The third kappa shape index (κ3) is 6.59. The molecule has 1 atom stereocenters. The fourth-order valence-electron chi connectivity index (χ4n) is 7.14. The maximum absolute atomic E-state index is 13.9. The van der Waals surface area contributed by atoms with Crippen molar-refractivity contribution in [1.29, 1.82) is 0 Å². The van der Waals surface area contributed by atoms with Crippen LogP contribution in [0.3, 0.4) is 0 Å². The third-order valence-electron chi connectivity index (χ3n) is 9.58. The van der Waals surface area contributed by atoms with Gasteiger partial charge in [0.2, 0.25) is 5.91 Å². The molecule has 9 nitrogen and oxygen atoms in total. The van der Waals surface area contributed by atoms with Gasteiger partial charge in [-0.15, -0.1) is 11.3 Å². The quantitative estimate of drug-likeness (QED) is 0.511. The summed E-state index contributed by atoms with van der Waals surface area (Å²) in [4.78, 5) is 48.5. The molecule has 0 aliphatic carbocycles. The maximum atomic E-state index is 13.9. The van der Waals surface area contributed by atoms with E-state index in [-0.39, 0.29) is 24.0 Å². The Morgan fingerprint density at radius 2 is 1.67 bits per heavy atom. The molecule has 42 heavy (non-hydrogen) atoms. The van der Waals surface area contributed by atoms with Crippen LogP contribution in [0.2, 0.25) is 0 Å². The van der Waals surface area contributed by atoms with Crippen LogP contribution in [-0.4, -0.2) is 95.0 Å². The van der Waals surface area contributed by atoms with Crippen molar-refractivity contribution in [1.82, 2.24) is 24.9 Å². The van der Waals surface area contributed by atoms with Gasteiger partial charge in [0.15, 0.2) is 0 Å². The van der Waals surface area contributed by atoms with Crippen LogP contribution in [0.15, 0.2) is 35.0 Å². The van der Waals surface area contributed by atoms with Gasteiger partial charge < -0.3 is 30.2 Å². The number of likely N-dealkylation sites (tertiary alicyclic amines) is 3. The number of amides is 5. The first-order valence-electron chi connectivity index (χ1n) is 15.7. The molecule has 3 saturated heterocycles. The van der Waals surface area contributed by atoms with Crippen molar-refractivity contribution in [2.75, 3.05) is 44.6 Å². The number of thiophene rings is 1. The van der Waals surface area contributed by atoms with E-state index in [0.717, 1.165) is 61.2 Å². The first kappa shape index (κ1) is 29.0. The second-order valence-electron chi connectivity index (χ2n) is 12.4. The van der Waals surface area contributed by atoms with Gasteiger partial charge >= 0.3 is 12.1 Å². The number of piperidine rings is 3. The third-order valence-corrected chi connectivity index (χ3v) is 10.4.